The second-order valence-electron chi connectivity index (χ2n) is 6.29. The Morgan fingerprint density at radius 2 is 1.21 bits per heavy atom. The van der Waals surface area contributed by atoms with Crippen LogP contribution in [0.4, 0.5) is 26.3 Å². The van der Waals surface area contributed by atoms with Crippen molar-refractivity contribution in [3.8, 4) is 22.3 Å². The normalized spacial score (nSPS) is 12.0. The summed E-state index contributed by atoms with van der Waals surface area (Å²) in [5.74, 6) is -3.12. The van der Waals surface area contributed by atoms with Crippen LogP contribution in [-0.4, -0.2) is 6.18 Å². The predicted molar refractivity (Wildman–Crippen MR) is 97.0 cm³/mol. The summed E-state index contributed by atoms with van der Waals surface area (Å²) in [5.41, 5.74) is 1.42. The van der Waals surface area contributed by atoms with Crippen LogP contribution in [0.25, 0.3) is 28.3 Å². The zero-order valence-electron chi connectivity index (χ0n) is 14.6. The molecule has 28 heavy (non-hydrogen) atoms. The number of alkyl halides is 3. The highest BCUT2D eigenvalue weighted by Gasteiger charge is 2.23. The Morgan fingerprint density at radius 1 is 0.679 bits per heavy atom. The van der Waals surface area contributed by atoms with E-state index in [1.54, 1.807) is 6.07 Å². The largest absolute Gasteiger partial charge is 0.409 e. The first-order valence-electron chi connectivity index (χ1n) is 8.26. The van der Waals surface area contributed by atoms with Crippen LogP contribution in [0.1, 0.15) is 11.1 Å². The Hall–Kier alpha value is -3.02. The molecular weight excluding hydrogens is 378 g/mol. The van der Waals surface area contributed by atoms with Crippen molar-refractivity contribution in [2.45, 2.75) is 13.1 Å². The second kappa shape index (κ2) is 7.54. The molecule has 0 bridgehead atoms. The molecule has 0 fully saturated rings. The van der Waals surface area contributed by atoms with Crippen molar-refractivity contribution in [1.82, 2.24) is 0 Å². The van der Waals surface area contributed by atoms with Gasteiger partial charge in [-0.2, -0.15) is 13.2 Å². The van der Waals surface area contributed by atoms with Gasteiger partial charge in [0.15, 0.2) is 0 Å². The summed E-state index contributed by atoms with van der Waals surface area (Å²) in [6.45, 7) is 1.92. The molecule has 0 N–H and O–H groups in total. The van der Waals surface area contributed by atoms with E-state index in [-0.39, 0.29) is 17.2 Å². The Bertz CT molecular complexity index is 1010. The van der Waals surface area contributed by atoms with E-state index in [0.29, 0.717) is 11.6 Å². The lowest BCUT2D eigenvalue weighted by molar-refractivity contribution is -0.0790. The predicted octanol–water partition coefficient (Wildman–Crippen LogP) is 7.32. The van der Waals surface area contributed by atoms with Crippen LogP contribution in [0.5, 0.6) is 0 Å². The molecule has 3 aromatic rings. The Morgan fingerprint density at radius 3 is 1.75 bits per heavy atom. The lowest BCUT2D eigenvalue weighted by Crippen LogP contribution is -2.01. The van der Waals surface area contributed by atoms with E-state index in [9.17, 15) is 26.3 Å². The van der Waals surface area contributed by atoms with E-state index in [4.69, 9.17) is 0 Å². The molecule has 0 aromatic heterocycles. The SMILES string of the molecule is Cc1ccc(-c2ccc(-c3cc(F)c(C=CC(F)(F)F)c(F)c3)c(F)c2)cc1. The summed E-state index contributed by atoms with van der Waals surface area (Å²) in [6, 6.07) is 13.2. The second-order valence-corrected chi connectivity index (χ2v) is 6.29. The van der Waals surface area contributed by atoms with Crippen molar-refractivity contribution in [1.29, 1.82) is 0 Å². The summed E-state index contributed by atoms with van der Waals surface area (Å²) >= 11 is 0. The van der Waals surface area contributed by atoms with Gasteiger partial charge in [-0.05, 0) is 47.9 Å². The molecule has 0 aliphatic carbocycles. The van der Waals surface area contributed by atoms with Crippen LogP contribution >= 0.6 is 0 Å². The molecule has 0 saturated carbocycles. The molecule has 0 radical (unpaired) electrons. The van der Waals surface area contributed by atoms with E-state index in [1.807, 2.05) is 31.2 Å². The minimum Gasteiger partial charge on any atom is -0.206 e. The van der Waals surface area contributed by atoms with Gasteiger partial charge >= 0.3 is 6.18 Å². The molecule has 0 atom stereocenters. The molecule has 144 valence electrons. The van der Waals surface area contributed by atoms with Gasteiger partial charge in [-0.25, -0.2) is 13.2 Å². The van der Waals surface area contributed by atoms with E-state index >= 15 is 0 Å². The van der Waals surface area contributed by atoms with Gasteiger partial charge in [0.25, 0.3) is 0 Å². The summed E-state index contributed by atoms with van der Waals surface area (Å²) < 4.78 is 79.4. The minimum atomic E-state index is -4.70. The highest BCUT2D eigenvalue weighted by atomic mass is 19.4. The fourth-order valence-corrected chi connectivity index (χ4v) is 2.75. The average molecular weight is 392 g/mol. The first-order chi connectivity index (χ1) is 13.1. The van der Waals surface area contributed by atoms with Gasteiger partial charge in [-0.15, -0.1) is 0 Å². The molecule has 3 rings (SSSR count). The standard InChI is InChI=1S/C22H14F6/c1-13-2-4-14(5-3-13)15-6-7-17(19(23)10-15)16-11-20(24)18(21(25)12-16)8-9-22(26,27)28/h2-12H,1H3. The van der Waals surface area contributed by atoms with E-state index in [2.05, 4.69) is 0 Å². The van der Waals surface area contributed by atoms with Crippen molar-refractivity contribution in [3.05, 3.63) is 89.3 Å². The highest BCUT2D eigenvalue weighted by molar-refractivity contribution is 5.72. The summed E-state index contributed by atoms with van der Waals surface area (Å²) in [4.78, 5) is 0. The maximum atomic E-state index is 14.6. The quantitative estimate of drug-likeness (QED) is 0.410. The number of halogens is 6. The van der Waals surface area contributed by atoms with Crippen LogP contribution in [0.3, 0.4) is 0 Å². The maximum Gasteiger partial charge on any atom is 0.409 e. The first kappa shape index (κ1) is 19.7. The number of rotatable bonds is 3. The van der Waals surface area contributed by atoms with Crippen molar-refractivity contribution in [3.63, 3.8) is 0 Å². The van der Waals surface area contributed by atoms with Gasteiger partial charge in [0.2, 0.25) is 0 Å². The third-order valence-corrected chi connectivity index (χ3v) is 4.18. The highest BCUT2D eigenvalue weighted by Crippen LogP contribution is 2.31. The molecule has 0 nitrogen and oxygen atoms in total. The van der Waals surface area contributed by atoms with Gasteiger partial charge in [0, 0.05) is 17.2 Å². The molecule has 0 saturated heterocycles. The number of allylic oxidation sites excluding steroid dienone is 1. The molecule has 0 amide bonds. The fraction of sp³-hybridized carbons (Fsp3) is 0.0909. The smallest absolute Gasteiger partial charge is 0.206 e. The average Bonchev–Trinajstić information content (AvgIpc) is 2.60. The third kappa shape index (κ3) is 4.44. The molecule has 0 unspecified atom stereocenters. The number of benzene rings is 3. The number of hydrogen-bond acceptors (Lipinski definition) is 0. The van der Waals surface area contributed by atoms with Gasteiger partial charge in [0.1, 0.15) is 17.5 Å². The Balaban J connectivity index is 1.98. The monoisotopic (exact) mass is 392 g/mol. The molecule has 0 heterocycles. The zero-order chi connectivity index (χ0) is 20.5. The van der Waals surface area contributed by atoms with Crippen molar-refractivity contribution < 1.29 is 26.3 Å². The van der Waals surface area contributed by atoms with Gasteiger partial charge in [0.05, 0.1) is 0 Å². The van der Waals surface area contributed by atoms with Crippen LogP contribution in [0.2, 0.25) is 0 Å². The molecular formula is C22H14F6. The van der Waals surface area contributed by atoms with E-state index in [1.165, 1.54) is 12.1 Å². The summed E-state index contributed by atoms with van der Waals surface area (Å²) in [5, 5.41) is 0. The van der Waals surface area contributed by atoms with Crippen molar-refractivity contribution in [2.24, 2.45) is 0 Å². The molecule has 6 heteroatoms. The zero-order valence-corrected chi connectivity index (χ0v) is 14.6. The Labute approximate surface area is 157 Å². The van der Waals surface area contributed by atoms with E-state index < -0.39 is 29.2 Å². The van der Waals surface area contributed by atoms with Gasteiger partial charge in [-0.1, -0.05) is 42.0 Å². The number of hydrogen-bond donors (Lipinski definition) is 0. The van der Waals surface area contributed by atoms with Crippen LogP contribution in [0, 0.1) is 24.4 Å². The van der Waals surface area contributed by atoms with Crippen LogP contribution < -0.4 is 0 Å². The van der Waals surface area contributed by atoms with Crippen LogP contribution in [-0.2, 0) is 0 Å². The molecule has 0 aliphatic heterocycles. The maximum absolute atomic E-state index is 14.6. The fourth-order valence-electron chi connectivity index (χ4n) is 2.75. The lowest BCUT2D eigenvalue weighted by Gasteiger charge is -2.09. The number of aryl methyl sites for hydroxylation is 1. The van der Waals surface area contributed by atoms with Crippen LogP contribution in [0.15, 0.2) is 60.7 Å². The first-order valence-corrected chi connectivity index (χ1v) is 8.26. The lowest BCUT2D eigenvalue weighted by atomic mass is 9.98. The van der Waals surface area contributed by atoms with Gasteiger partial charge < -0.3 is 0 Å². The summed E-state index contributed by atoms with van der Waals surface area (Å²) in [7, 11) is 0. The van der Waals surface area contributed by atoms with E-state index in [0.717, 1.165) is 23.3 Å². The minimum absolute atomic E-state index is 0.0555. The molecule has 0 aliphatic rings. The topological polar surface area (TPSA) is 0 Å². The third-order valence-electron chi connectivity index (χ3n) is 4.18. The summed E-state index contributed by atoms with van der Waals surface area (Å²) in [6.07, 6.45) is -4.65. The van der Waals surface area contributed by atoms with Gasteiger partial charge in [-0.3, -0.25) is 0 Å². The molecule has 0 spiro atoms. The van der Waals surface area contributed by atoms with Crippen molar-refractivity contribution >= 4 is 6.08 Å². The van der Waals surface area contributed by atoms with Crippen molar-refractivity contribution in [2.75, 3.05) is 0 Å². The Kier molecular flexibility index (Phi) is 5.31. The molecule has 3 aromatic carbocycles.